The van der Waals surface area contributed by atoms with Crippen LogP contribution < -0.4 is 5.32 Å². The van der Waals surface area contributed by atoms with E-state index in [9.17, 15) is 13.2 Å². The molecule has 1 heterocycles. The third kappa shape index (κ3) is 3.79. The Bertz CT molecular complexity index is 446. The third-order valence-corrected chi connectivity index (χ3v) is 3.91. The van der Waals surface area contributed by atoms with Crippen LogP contribution in [0.25, 0.3) is 0 Å². The monoisotopic (exact) mass is 328 g/mol. The maximum Gasteiger partial charge on any atom is 0.417 e. The fourth-order valence-corrected chi connectivity index (χ4v) is 2.75. The summed E-state index contributed by atoms with van der Waals surface area (Å²) < 4.78 is 38.5. The van der Waals surface area contributed by atoms with Crippen LogP contribution in [0.4, 0.5) is 13.2 Å². The van der Waals surface area contributed by atoms with Crippen LogP contribution >= 0.6 is 24.0 Å². The van der Waals surface area contributed by atoms with Gasteiger partial charge in [-0.05, 0) is 18.6 Å². The van der Waals surface area contributed by atoms with Crippen LogP contribution in [0.3, 0.4) is 0 Å². The summed E-state index contributed by atoms with van der Waals surface area (Å²) in [5.41, 5.74) is -0.216. The first-order valence-electron chi connectivity index (χ1n) is 6.21. The summed E-state index contributed by atoms with van der Waals surface area (Å²) in [4.78, 5) is 2.14. The zero-order valence-corrected chi connectivity index (χ0v) is 12.6. The van der Waals surface area contributed by atoms with E-state index in [1.165, 1.54) is 6.07 Å². The maximum atomic E-state index is 12.8. The molecule has 0 bridgehead atoms. The highest BCUT2D eigenvalue weighted by Crippen LogP contribution is 2.38. The number of nitrogens with one attached hydrogen (secondary N) is 1. The summed E-state index contributed by atoms with van der Waals surface area (Å²) in [7, 11) is 0. The van der Waals surface area contributed by atoms with Crippen LogP contribution in [0.1, 0.15) is 24.1 Å². The third-order valence-electron chi connectivity index (χ3n) is 3.48. The first-order valence-corrected chi connectivity index (χ1v) is 6.59. The van der Waals surface area contributed by atoms with Crippen molar-refractivity contribution in [3.63, 3.8) is 0 Å². The second kappa shape index (κ2) is 6.98. The van der Waals surface area contributed by atoms with Crippen LogP contribution in [0.2, 0.25) is 5.02 Å². The van der Waals surface area contributed by atoms with E-state index >= 15 is 0 Å². The predicted octanol–water partition coefficient (Wildman–Crippen LogP) is 3.75. The molecule has 1 aromatic rings. The van der Waals surface area contributed by atoms with E-state index in [0.717, 1.165) is 32.2 Å². The Morgan fingerprint density at radius 3 is 2.40 bits per heavy atom. The van der Waals surface area contributed by atoms with Crippen molar-refractivity contribution in [2.75, 3.05) is 26.2 Å². The molecule has 1 N–H and O–H groups in total. The minimum atomic E-state index is -4.41. The topological polar surface area (TPSA) is 15.3 Å². The molecule has 1 aliphatic heterocycles. The van der Waals surface area contributed by atoms with Gasteiger partial charge in [-0.1, -0.05) is 23.7 Å². The second-order valence-corrected chi connectivity index (χ2v) is 5.05. The van der Waals surface area contributed by atoms with E-state index in [1.54, 1.807) is 6.07 Å². The lowest BCUT2D eigenvalue weighted by Crippen LogP contribution is -2.44. The van der Waals surface area contributed by atoms with Crippen LogP contribution in [0, 0.1) is 0 Å². The number of rotatable bonds is 2. The Morgan fingerprint density at radius 2 is 1.85 bits per heavy atom. The molecule has 1 saturated heterocycles. The normalized spacial score (nSPS) is 18.4. The molecule has 1 atom stereocenters. The molecule has 0 aliphatic carbocycles. The minimum Gasteiger partial charge on any atom is -0.314 e. The highest BCUT2D eigenvalue weighted by molar-refractivity contribution is 6.32. The number of alkyl halides is 3. The van der Waals surface area contributed by atoms with Gasteiger partial charge in [-0.3, -0.25) is 4.90 Å². The summed E-state index contributed by atoms with van der Waals surface area (Å²) in [6.07, 6.45) is -4.41. The van der Waals surface area contributed by atoms with Gasteiger partial charge in [-0.25, -0.2) is 0 Å². The second-order valence-electron chi connectivity index (χ2n) is 4.67. The van der Waals surface area contributed by atoms with E-state index in [-0.39, 0.29) is 23.5 Å². The molecule has 1 aromatic carbocycles. The van der Waals surface area contributed by atoms with Crippen molar-refractivity contribution in [1.82, 2.24) is 10.2 Å². The Labute approximate surface area is 127 Å². The van der Waals surface area contributed by atoms with Gasteiger partial charge in [0.1, 0.15) is 0 Å². The lowest BCUT2D eigenvalue weighted by atomic mass is 10.0. The minimum absolute atomic E-state index is 0. The fraction of sp³-hybridized carbons (Fsp3) is 0.538. The van der Waals surface area contributed by atoms with E-state index in [2.05, 4.69) is 10.2 Å². The van der Waals surface area contributed by atoms with Crippen LogP contribution in [0.15, 0.2) is 18.2 Å². The summed E-state index contributed by atoms with van der Waals surface area (Å²) in [5, 5.41) is 3.04. The van der Waals surface area contributed by atoms with E-state index in [0.29, 0.717) is 5.56 Å². The zero-order valence-electron chi connectivity index (χ0n) is 11.0. The molecule has 0 saturated carbocycles. The number of nitrogens with zero attached hydrogens (tertiary/aromatic N) is 1. The van der Waals surface area contributed by atoms with Gasteiger partial charge in [0.25, 0.3) is 0 Å². The number of benzene rings is 1. The largest absolute Gasteiger partial charge is 0.417 e. The molecule has 7 heteroatoms. The van der Waals surface area contributed by atoms with Crippen molar-refractivity contribution in [3.8, 4) is 0 Å². The molecule has 0 spiro atoms. The molecule has 0 radical (unpaired) electrons. The zero-order chi connectivity index (χ0) is 14.0. The van der Waals surface area contributed by atoms with Crippen LogP contribution in [-0.2, 0) is 6.18 Å². The molecule has 1 fully saturated rings. The molecular weight excluding hydrogens is 312 g/mol. The number of hydrogen-bond acceptors (Lipinski definition) is 2. The van der Waals surface area contributed by atoms with Gasteiger partial charge < -0.3 is 5.32 Å². The van der Waals surface area contributed by atoms with Gasteiger partial charge in [0.05, 0.1) is 10.6 Å². The van der Waals surface area contributed by atoms with Gasteiger partial charge in [0.15, 0.2) is 0 Å². The van der Waals surface area contributed by atoms with Gasteiger partial charge in [0.2, 0.25) is 0 Å². The SMILES string of the molecule is C[C@H](c1cccc(C(F)(F)F)c1Cl)N1CCNCC1.Cl. The van der Waals surface area contributed by atoms with Crippen LogP contribution in [-0.4, -0.2) is 31.1 Å². The summed E-state index contributed by atoms with van der Waals surface area (Å²) in [6, 6.07) is 4.00. The first-order chi connectivity index (χ1) is 8.91. The summed E-state index contributed by atoms with van der Waals surface area (Å²) >= 11 is 5.95. The maximum absolute atomic E-state index is 12.8. The van der Waals surface area contributed by atoms with Gasteiger partial charge >= 0.3 is 6.18 Å². The fourth-order valence-electron chi connectivity index (χ4n) is 2.36. The molecule has 2 nitrogen and oxygen atoms in total. The Balaban J connectivity index is 0.00000200. The Kier molecular flexibility index (Phi) is 6.13. The average Bonchev–Trinajstić information content (AvgIpc) is 2.38. The Hall–Kier alpha value is -0.490. The first kappa shape index (κ1) is 17.6. The van der Waals surface area contributed by atoms with E-state index < -0.39 is 11.7 Å². The molecule has 114 valence electrons. The van der Waals surface area contributed by atoms with Crippen molar-refractivity contribution in [3.05, 3.63) is 34.3 Å². The standard InChI is InChI=1S/C13H16ClF3N2.ClH/c1-9(19-7-5-18-6-8-19)10-3-2-4-11(12(10)14)13(15,16)17;/h2-4,9,18H,5-8H2,1H3;1H/t9-;/m1./s1. The van der Waals surface area contributed by atoms with Crippen molar-refractivity contribution in [2.45, 2.75) is 19.1 Å². The quantitative estimate of drug-likeness (QED) is 0.889. The lowest BCUT2D eigenvalue weighted by Gasteiger charge is -2.33. The van der Waals surface area contributed by atoms with Gasteiger partial charge in [-0.15, -0.1) is 12.4 Å². The van der Waals surface area contributed by atoms with Crippen molar-refractivity contribution < 1.29 is 13.2 Å². The Morgan fingerprint density at radius 1 is 1.25 bits per heavy atom. The summed E-state index contributed by atoms with van der Waals surface area (Å²) in [5.74, 6) is 0. The summed E-state index contributed by atoms with van der Waals surface area (Å²) in [6.45, 7) is 5.22. The molecule has 20 heavy (non-hydrogen) atoms. The highest BCUT2D eigenvalue weighted by atomic mass is 35.5. The van der Waals surface area contributed by atoms with Crippen LogP contribution in [0.5, 0.6) is 0 Å². The molecular formula is C13H17Cl2F3N2. The number of piperazine rings is 1. The van der Waals surface area contributed by atoms with E-state index in [4.69, 9.17) is 11.6 Å². The molecule has 0 unspecified atom stereocenters. The van der Waals surface area contributed by atoms with Crippen molar-refractivity contribution >= 4 is 24.0 Å². The number of halogens is 5. The molecule has 2 rings (SSSR count). The van der Waals surface area contributed by atoms with Gasteiger partial charge in [-0.2, -0.15) is 13.2 Å². The smallest absolute Gasteiger partial charge is 0.314 e. The molecule has 0 amide bonds. The highest BCUT2D eigenvalue weighted by Gasteiger charge is 2.34. The van der Waals surface area contributed by atoms with Crippen molar-refractivity contribution in [2.24, 2.45) is 0 Å². The lowest BCUT2D eigenvalue weighted by molar-refractivity contribution is -0.137. The molecule has 1 aliphatic rings. The average molecular weight is 329 g/mol. The molecule has 0 aromatic heterocycles. The van der Waals surface area contributed by atoms with E-state index in [1.807, 2.05) is 6.92 Å². The van der Waals surface area contributed by atoms with Crippen molar-refractivity contribution in [1.29, 1.82) is 0 Å². The van der Waals surface area contributed by atoms with Gasteiger partial charge in [0, 0.05) is 32.2 Å². The number of hydrogen-bond donors (Lipinski definition) is 1. The predicted molar refractivity (Wildman–Crippen MR) is 76.6 cm³/mol.